The highest BCUT2D eigenvalue weighted by molar-refractivity contribution is 5.76. The minimum Gasteiger partial charge on any atom is -0.468 e. The molecule has 1 heterocycles. The normalized spacial score (nSPS) is 25.6. The van der Waals surface area contributed by atoms with Crippen LogP contribution in [0.2, 0.25) is 0 Å². The second-order valence-corrected chi connectivity index (χ2v) is 5.17. The molecular formula is C12H20N2O3. The van der Waals surface area contributed by atoms with Crippen molar-refractivity contribution in [1.29, 1.82) is 5.26 Å². The lowest BCUT2D eigenvalue weighted by atomic mass is 9.91. The van der Waals surface area contributed by atoms with E-state index in [0.29, 0.717) is 25.9 Å². The number of aliphatic hydroxyl groups excluding tert-OH is 1. The van der Waals surface area contributed by atoms with E-state index in [1.165, 1.54) is 7.11 Å². The number of aliphatic hydroxyl groups is 1. The van der Waals surface area contributed by atoms with E-state index in [4.69, 9.17) is 10.00 Å². The van der Waals surface area contributed by atoms with Gasteiger partial charge < -0.3 is 9.84 Å². The SMILES string of the molecule is COC(=O)C1CC(O)CN1CCC(C)(C)C#N. The Kier molecular flexibility index (Phi) is 4.49. The van der Waals surface area contributed by atoms with Gasteiger partial charge in [0.1, 0.15) is 6.04 Å². The van der Waals surface area contributed by atoms with Gasteiger partial charge in [0, 0.05) is 19.5 Å². The van der Waals surface area contributed by atoms with Crippen LogP contribution in [-0.4, -0.2) is 48.3 Å². The topological polar surface area (TPSA) is 73.6 Å². The van der Waals surface area contributed by atoms with E-state index < -0.39 is 11.5 Å². The van der Waals surface area contributed by atoms with Crippen LogP contribution in [-0.2, 0) is 9.53 Å². The number of methoxy groups -OCH3 is 1. The summed E-state index contributed by atoms with van der Waals surface area (Å²) in [5.41, 5.74) is -0.409. The fourth-order valence-corrected chi connectivity index (χ4v) is 1.99. The van der Waals surface area contributed by atoms with Crippen molar-refractivity contribution in [2.24, 2.45) is 5.41 Å². The standard InChI is InChI=1S/C12H20N2O3/c1-12(2,8-13)4-5-14-7-9(15)6-10(14)11(16)17-3/h9-10,15H,4-7H2,1-3H3. The summed E-state index contributed by atoms with van der Waals surface area (Å²) in [7, 11) is 1.35. The molecule has 0 radical (unpaired) electrons. The predicted molar refractivity (Wildman–Crippen MR) is 62.0 cm³/mol. The quantitative estimate of drug-likeness (QED) is 0.726. The Balaban J connectivity index is 2.57. The molecule has 1 rings (SSSR count). The van der Waals surface area contributed by atoms with E-state index in [0.717, 1.165) is 0 Å². The molecule has 0 amide bonds. The van der Waals surface area contributed by atoms with Crippen LogP contribution < -0.4 is 0 Å². The van der Waals surface area contributed by atoms with E-state index in [1.54, 1.807) is 0 Å². The summed E-state index contributed by atoms with van der Waals surface area (Å²) in [4.78, 5) is 13.4. The maximum atomic E-state index is 11.5. The molecule has 0 aromatic heterocycles. The second-order valence-electron chi connectivity index (χ2n) is 5.17. The number of carbonyl (C=O) groups is 1. The van der Waals surface area contributed by atoms with Crippen molar-refractivity contribution < 1.29 is 14.6 Å². The molecule has 5 heteroatoms. The lowest BCUT2D eigenvalue weighted by molar-refractivity contribution is -0.146. The van der Waals surface area contributed by atoms with Crippen molar-refractivity contribution in [2.75, 3.05) is 20.2 Å². The molecule has 96 valence electrons. The Morgan fingerprint density at radius 3 is 2.82 bits per heavy atom. The van der Waals surface area contributed by atoms with Crippen molar-refractivity contribution in [3.8, 4) is 6.07 Å². The Labute approximate surface area is 102 Å². The van der Waals surface area contributed by atoms with E-state index >= 15 is 0 Å². The molecule has 1 saturated heterocycles. The summed E-state index contributed by atoms with van der Waals surface area (Å²) in [6, 6.07) is 1.86. The summed E-state index contributed by atoms with van der Waals surface area (Å²) in [5.74, 6) is -0.309. The van der Waals surface area contributed by atoms with Gasteiger partial charge in [-0.05, 0) is 20.3 Å². The number of carbonyl (C=O) groups excluding carboxylic acids is 1. The van der Waals surface area contributed by atoms with Crippen LogP contribution in [0.3, 0.4) is 0 Å². The largest absolute Gasteiger partial charge is 0.468 e. The molecule has 5 nitrogen and oxygen atoms in total. The Hall–Kier alpha value is -1.12. The minimum absolute atomic E-state index is 0.309. The zero-order chi connectivity index (χ0) is 13.1. The van der Waals surface area contributed by atoms with Gasteiger partial charge in [-0.1, -0.05) is 0 Å². The van der Waals surface area contributed by atoms with Crippen molar-refractivity contribution in [3.05, 3.63) is 0 Å². The monoisotopic (exact) mass is 240 g/mol. The second kappa shape index (κ2) is 5.48. The molecule has 0 aliphatic carbocycles. The van der Waals surface area contributed by atoms with E-state index in [2.05, 4.69) is 6.07 Å². The third-order valence-electron chi connectivity index (χ3n) is 3.18. The average Bonchev–Trinajstić information content (AvgIpc) is 2.67. The molecule has 0 aromatic rings. The fraction of sp³-hybridized carbons (Fsp3) is 0.833. The van der Waals surface area contributed by atoms with Crippen molar-refractivity contribution in [1.82, 2.24) is 4.90 Å². The van der Waals surface area contributed by atoms with Crippen molar-refractivity contribution in [2.45, 2.75) is 38.8 Å². The zero-order valence-electron chi connectivity index (χ0n) is 10.6. The summed E-state index contributed by atoms with van der Waals surface area (Å²) >= 11 is 0. The van der Waals surface area contributed by atoms with Gasteiger partial charge in [-0.2, -0.15) is 5.26 Å². The number of ether oxygens (including phenoxy) is 1. The molecule has 1 aliphatic heterocycles. The molecule has 17 heavy (non-hydrogen) atoms. The van der Waals surface area contributed by atoms with Gasteiger partial charge in [-0.3, -0.25) is 9.69 Å². The van der Waals surface area contributed by atoms with E-state index in [1.807, 2.05) is 18.7 Å². The smallest absolute Gasteiger partial charge is 0.323 e. The number of likely N-dealkylation sites (tertiary alicyclic amines) is 1. The lowest BCUT2D eigenvalue weighted by Crippen LogP contribution is -2.38. The molecule has 2 unspecified atom stereocenters. The number of hydrogen-bond acceptors (Lipinski definition) is 5. The van der Waals surface area contributed by atoms with E-state index in [-0.39, 0.29) is 12.0 Å². The maximum Gasteiger partial charge on any atom is 0.323 e. The van der Waals surface area contributed by atoms with Crippen LogP contribution in [0.25, 0.3) is 0 Å². The first-order valence-corrected chi connectivity index (χ1v) is 5.81. The van der Waals surface area contributed by atoms with Crippen LogP contribution >= 0.6 is 0 Å². The van der Waals surface area contributed by atoms with Crippen LogP contribution in [0, 0.1) is 16.7 Å². The van der Waals surface area contributed by atoms with Gasteiger partial charge in [-0.15, -0.1) is 0 Å². The van der Waals surface area contributed by atoms with Gasteiger partial charge >= 0.3 is 5.97 Å². The van der Waals surface area contributed by atoms with Crippen LogP contribution in [0.1, 0.15) is 26.7 Å². The van der Waals surface area contributed by atoms with Crippen molar-refractivity contribution >= 4 is 5.97 Å². The molecule has 0 saturated carbocycles. The van der Waals surface area contributed by atoms with Gasteiger partial charge in [0.2, 0.25) is 0 Å². The predicted octanol–water partition coefficient (Wildman–Crippen LogP) is 0.534. The third kappa shape index (κ3) is 3.69. The molecule has 1 fully saturated rings. The first-order valence-electron chi connectivity index (χ1n) is 5.81. The molecule has 1 N–H and O–H groups in total. The fourth-order valence-electron chi connectivity index (χ4n) is 1.99. The van der Waals surface area contributed by atoms with Gasteiger partial charge in [0.05, 0.1) is 24.7 Å². The number of rotatable bonds is 4. The van der Waals surface area contributed by atoms with Crippen LogP contribution in [0.15, 0.2) is 0 Å². The molecular weight excluding hydrogens is 220 g/mol. The highest BCUT2D eigenvalue weighted by Crippen LogP contribution is 2.24. The first kappa shape index (κ1) is 13.9. The number of esters is 1. The molecule has 2 atom stereocenters. The van der Waals surface area contributed by atoms with Gasteiger partial charge in [0.15, 0.2) is 0 Å². The number of hydrogen-bond donors (Lipinski definition) is 1. The summed E-state index contributed by atoms with van der Waals surface area (Å²) < 4.78 is 4.71. The summed E-state index contributed by atoms with van der Waals surface area (Å²) in [5, 5.41) is 18.5. The zero-order valence-corrected chi connectivity index (χ0v) is 10.6. The summed E-state index contributed by atoms with van der Waals surface area (Å²) in [6.45, 7) is 4.83. The van der Waals surface area contributed by atoms with E-state index in [9.17, 15) is 9.90 Å². The van der Waals surface area contributed by atoms with Crippen LogP contribution in [0.5, 0.6) is 0 Å². The Morgan fingerprint density at radius 2 is 2.29 bits per heavy atom. The highest BCUT2D eigenvalue weighted by atomic mass is 16.5. The first-order chi connectivity index (χ1) is 7.89. The number of nitriles is 1. The van der Waals surface area contributed by atoms with Gasteiger partial charge in [0.25, 0.3) is 0 Å². The lowest BCUT2D eigenvalue weighted by Gasteiger charge is -2.25. The number of β-amino-alcohol motifs (C(OH)–C–C–N with tert-alkyl or cyclic N) is 1. The Morgan fingerprint density at radius 1 is 1.65 bits per heavy atom. The minimum atomic E-state index is -0.482. The highest BCUT2D eigenvalue weighted by Gasteiger charge is 2.37. The third-order valence-corrected chi connectivity index (χ3v) is 3.18. The average molecular weight is 240 g/mol. The molecule has 1 aliphatic rings. The summed E-state index contributed by atoms with van der Waals surface area (Å²) in [6.07, 6.45) is 0.605. The molecule has 0 spiro atoms. The number of nitrogens with zero attached hydrogens (tertiary/aromatic N) is 2. The van der Waals surface area contributed by atoms with Crippen LogP contribution in [0.4, 0.5) is 0 Å². The molecule has 0 bridgehead atoms. The van der Waals surface area contributed by atoms with Crippen molar-refractivity contribution in [3.63, 3.8) is 0 Å². The van der Waals surface area contributed by atoms with Gasteiger partial charge in [-0.25, -0.2) is 0 Å². The maximum absolute atomic E-state index is 11.5. The molecule has 0 aromatic carbocycles. The Bertz CT molecular complexity index is 322.